The zero-order valence-electron chi connectivity index (χ0n) is 12.2. The molecule has 0 saturated heterocycles. The van der Waals surface area contributed by atoms with E-state index in [-0.39, 0.29) is 0 Å². The van der Waals surface area contributed by atoms with Gasteiger partial charge in [-0.15, -0.1) is 0 Å². The van der Waals surface area contributed by atoms with Gasteiger partial charge in [-0.2, -0.15) is 17.6 Å². The molecule has 126 valence electrons. The molecule has 1 heterocycles. The fourth-order valence-corrected chi connectivity index (χ4v) is 2.26. The SMILES string of the molecule is COC1=C(c2ccc(F)c(F)c2OC)C(=O)O[C@@]1(C)C(F)(F)F. The van der Waals surface area contributed by atoms with E-state index in [1.807, 2.05) is 0 Å². The molecule has 0 fully saturated rings. The highest BCUT2D eigenvalue weighted by molar-refractivity contribution is 6.20. The Morgan fingerprint density at radius 2 is 1.74 bits per heavy atom. The lowest BCUT2D eigenvalue weighted by molar-refractivity contribution is -0.251. The molecule has 0 N–H and O–H groups in total. The standard InChI is InChI=1S/C14H11F5O4/c1-13(14(17,18)19)11(22-3)8(12(20)23-13)6-4-5-7(15)9(16)10(6)21-2/h4-5H,1-3H3/t13-/m1/s1. The molecule has 0 saturated carbocycles. The number of alkyl halides is 3. The first-order valence-corrected chi connectivity index (χ1v) is 6.19. The fraction of sp³-hybridized carbons (Fsp3) is 0.357. The van der Waals surface area contributed by atoms with Gasteiger partial charge in [0.1, 0.15) is 5.57 Å². The van der Waals surface area contributed by atoms with E-state index in [0.29, 0.717) is 13.0 Å². The normalized spacial score (nSPS) is 21.5. The average Bonchev–Trinajstić information content (AvgIpc) is 2.72. The molecule has 1 aliphatic rings. The Morgan fingerprint density at radius 3 is 2.22 bits per heavy atom. The van der Waals surface area contributed by atoms with Crippen LogP contribution in [0.2, 0.25) is 0 Å². The van der Waals surface area contributed by atoms with Crippen molar-refractivity contribution in [2.24, 2.45) is 0 Å². The third-order valence-electron chi connectivity index (χ3n) is 3.43. The largest absolute Gasteiger partial charge is 0.496 e. The molecule has 0 amide bonds. The molecule has 0 aliphatic carbocycles. The lowest BCUT2D eigenvalue weighted by Gasteiger charge is -2.27. The van der Waals surface area contributed by atoms with Gasteiger partial charge in [0.25, 0.3) is 5.60 Å². The Kier molecular flexibility index (Phi) is 4.00. The highest BCUT2D eigenvalue weighted by atomic mass is 19.4. The van der Waals surface area contributed by atoms with Crippen LogP contribution in [0.15, 0.2) is 17.9 Å². The van der Waals surface area contributed by atoms with E-state index < -0.39 is 52.0 Å². The molecule has 0 spiro atoms. The molecule has 0 bridgehead atoms. The number of hydrogen-bond acceptors (Lipinski definition) is 4. The summed E-state index contributed by atoms with van der Waals surface area (Å²) in [6.07, 6.45) is -4.97. The molecule has 4 nitrogen and oxygen atoms in total. The first-order chi connectivity index (χ1) is 10.6. The molecule has 0 aromatic heterocycles. The number of halogens is 5. The number of benzene rings is 1. The van der Waals surface area contributed by atoms with Crippen LogP contribution in [0.25, 0.3) is 5.57 Å². The summed E-state index contributed by atoms with van der Waals surface area (Å²) in [7, 11) is 1.89. The minimum Gasteiger partial charge on any atom is -0.496 e. The summed E-state index contributed by atoms with van der Waals surface area (Å²) in [5.41, 5.74) is -4.12. The minimum atomic E-state index is -4.97. The zero-order chi connectivity index (χ0) is 17.6. The first-order valence-electron chi connectivity index (χ1n) is 6.19. The van der Waals surface area contributed by atoms with E-state index in [1.54, 1.807) is 0 Å². The molecule has 1 aromatic rings. The second kappa shape index (κ2) is 5.39. The number of ether oxygens (including phenoxy) is 3. The lowest BCUT2D eigenvalue weighted by Crippen LogP contribution is -2.45. The monoisotopic (exact) mass is 338 g/mol. The smallest absolute Gasteiger partial charge is 0.435 e. The van der Waals surface area contributed by atoms with Crippen LogP contribution in [0.3, 0.4) is 0 Å². The Balaban J connectivity index is 2.78. The number of hydrogen-bond donors (Lipinski definition) is 0. The van der Waals surface area contributed by atoms with E-state index in [9.17, 15) is 26.7 Å². The Hall–Kier alpha value is -2.32. The third kappa shape index (κ3) is 2.40. The summed E-state index contributed by atoms with van der Waals surface area (Å²) in [6.45, 7) is 0.600. The molecule has 2 rings (SSSR count). The van der Waals surface area contributed by atoms with E-state index in [1.165, 1.54) is 0 Å². The van der Waals surface area contributed by atoms with E-state index in [2.05, 4.69) is 9.47 Å². The molecule has 1 aromatic carbocycles. The van der Waals surface area contributed by atoms with Crippen LogP contribution in [0, 0.1) is 11.6 Å². The molecular weight excluding hydrogens is 327 g/mol. The van der Waals surface area contributed by atoms with Crippen molar-refractivity contribution in [1.82, 2.24) is 0 Å². The van der Waals surface area contributed by atoms with Gasteiger partial charge in [-0.25, -0.2) is 9.18 Å². The molecule has 1 atom stereocenters. The number of carbonyl (C=O) groups is 1. The molecule has 23 heavy (non-hydrogen) atoms. The molecular formula is C14H11F5O4. The van der Waals surface area contributed by atoms with Crippen molar-refractivity contribution < 1.29 is 41.0 Å². The van der Waals surface area contributed by atoms with Gasteiger partial charge in [0.05, 0.1) is 14.2 Å². The third-order valence-corrected chi connectivity index (χ3v) is 3.43. The quantitative estimate of drug-likeness (QED) is 0.627. The summed E-state index contributed by atoms with van der Waals surface area (Å²) < 4.78 is 80.4. The van der Waals surface area contributed by atoms with Gasteiger partial charge in [-0.1, -0.05) is 0 Å². The van der Waals surface area contributed by atoms with Gasteiger partial charge < -0.3 is 14.2 Å². The number of rotatable bonds is 3. The number of esters is 1. The van der Waals surface area contributed by atoms with Crippen molar-refractivity contribution in [3.05, 3.63) is 35.1 Å². The van der Waals surface area contributed by atoms with Crippen LogP contribution < -0.4 is 4.74 Å². The summed E-state index contributed by atoms with van der Waals surface area (Å²) in [5.74, 6) is -5.69. The average molecular weight is 338 g/mol. The molecule has 1 aliphatic heterocycles. The van der Waals surface area contributed by atoms with Gasteiger partial charge in [-0.05, 0) is 19.1 Å². The molecule has 9 heteroatoms. The minimum absolute atomic E-state index is 0.402. The van der Waals surface area contributed by atoms with Crippen LogP contribution in [0.4, 0.5) is 22.0 Å². The lowest BCUT2D eigenvalue weighted by atomic mass is 9.97. The summed E-state index contributed by atoms with van der Waals surface area (Å²) in [6, 6.07) is 1.57. The van der Waals surface area contributed by atoms with E-state index in [0.717, 1.165) is 20.3 Å². The van der Waals surface area contributed by atoms with Crippen LogP contribution in [0.5, 0.6) is 5.75 Å². The number of carbonyl (C=O) groups excluding carboxylic acids is 1. The Morgan fingerprint density at radius 1 is 1.13 bits per heavy atom. The molecule has 0 radical (unpaired) electrons. The summed E-state index contributed by atoms with van der Waals surface area (Å²) in [5, 5.41) is 0. The van der Waals surface area contributed by atoms with Crippen molar-refractivity contribution in [2.75, 3.05) is 14.2 Å². The van der Waals surface area contributed by atoms with Crippen LogP contribution in [-0.4, -0.2) is 32.0 Å². The van der Waals surface area contributed by atoms with Gasteiger partial charge in [0, 0.05) is 5.56 Å². The van der Waals surface area contributed by atoms with Crippen molar-refractivity contribution in [3.63, 3.8) is 0 Å². The predicted molar refractivity (Wildman–Crippen MR) is 67.4 cm³/mol. The van der Waals surface area contributed by atoms with Gasteiger partial charge in [0.2, 0.25) is 5.82 Å². The van der Waals surface area contributed by atoms with Crippen LogP contribution in [0.1, 0.15) is 12.5 Å². The highest BCUT2D eigenvalue weighted by Gasteiger charge is 2.63. The maximum atomic E-state index is 13.8. The fourth-order valence-electron chi connectivity index (χ4n) is 2.26. The summed E-state index contributed by atoms with van der Waals surface area (Å²) in [4.78, 5) is 11.9. The van der Waals surface area contributed by atoms with Gasteiger partial charge >= 0.3 is 12.1 Å². The number of methoxy groups -OCH3 is 2. The van der Waals surface area contributed by atoms with Gasteiger partial charge in [0.15, 0.2) is 17.3 Å². The van der Waals surface area contributed by atoms with Crippen molar-refractivity contribution in [3.8, 4) is 5.75 Å². The van der Waals surface area contributed by atoms with Crippen molar-refractivity contribution in [2.45, 2.75) is 18.7 Å². The van der Waals surface area contributed by atoms with E-state index in [4.69, 9.17) is 4.74 Å². The van der Waals surface area contributed by atoms with Crippen molar-refractivity contribution >= 4 is 11.5 Å². The Labute approximate surface area is 127 Å². The predicted octanol–water partition coefficient (Wildman–Crippen LogP) is 3.21. The van der Waals surface area contributed by atoms with Crippen LogP contribution >= 0.6 is 0 Å². The van der Waals surface area contributed by atoms with Crippen molar-refractivity contribution in [1.29, 1.82) is 0 Å². The van der Waals surface area contributed by atoms with Gasteiger partial charge in [-0.3, -0.25) is 0 Å². The topological polar surface area (TPSA) is 44.8 Å². The first kappa shape index (κ1) is 17.0. The second-order valence-electron chi connectivity index (χ2n) is 4.77. The molecule has 0 unspecified atom stereocenters. The summed E-state index contributed by atoms with van der Waals surface area (Å²) >= 11 is 0. The zero-order valence-corrected chi connectivity index (χ0v) is 12.2. The maximum absolute atomic E-state index is 13.8. The van der Waals surface area contributed by atoms with Crippen LogP contribution in [-0.2, 0) is 14.3 Å². The highest BCUT2D eigenvalue weighted by Crippen LogP contribution is 2.49. The Bertz CT molecular complexity index is 695. The number of cyclic esters (lactones) is 1. The maximum Gasteiger partial charge on any atom is 0.435 e. The van der Waals surface area contributed by atoms with E-state index >= 15 is 0 Å². The second-order valence-corrected chi connectivity index (χ2v) is 4.77.